The first-order chi connectivity index (χ1) is 6.11. The first-order valence-electron chi connectivity index (χ1n) is 4.50. The Kier molecular flexibility index (Phi) is 6.26. The maximum atomic E-state index is 9.22. The summed E-state index contributed by atoms with van der Waals surface area (Å²) in [5.41, 5.74) is 5.34. The summed E-state index contributed by atoms with van der Waals surface area (Å²) in [6.07, 6.45) is 1.16. The average molecular weight is 189 g/mol. The number of rotatable bonds is 6. The zero-order chi connectivity index (χ0) is 10.3. The van der Waals surface area contributed by atoms with Crippen LogP contribution >= 0.6 is 0 Å². The molecular weight excluding hydrogens is 170 g/mol. The Morgan fingerprint density at radius 1 is 1.62 bits per heavy atom. The lowest BCUT2D eigenvalue weighted by Gasteiger charge is -2.13. The van der Waals surface area contributed by atoms with Crippen molar-refractivity contribution in [3.63, 3.8) is 0 Å². The molecule has 0 aromatic rings. The van der Waals surface area contributed by atoms with E-state index in [1.165, 1.54) is 0 Å². The molecule has 13 heavy (non-hydrogen) atoms. The Labute approximate surface area is 78.6 Å². The number of aliphatic hydroxyl groups is 1. The van der Waals surface area contributed by atoms with Gasteiger partial charge in [0.25, 0.3) is 0 Å². The molecule has 0 fully saturated rings. The fourth-order valence-corrected chi connectivity index (χ4v) is 0.862. The van der Waals surface area contributed by atoms with Crippen molar-refractivity contribution in [3.05, 3.63) is 0 Å². The third kappa shape index (κ3) is 5.43. The second-order valence-electron chi connectivity index (χ2n) is 3.05. The van der Waals surface area contributed by atoms with Crippen molar-refractivity contribution < 1.29 is 10.3 Å². The van der Waals surface area contributed by atoms with Crippen LogP contribution in [0.4, 0.5) is 0 Å². The summed E-state index contributed by atoms with van der Waals surface area (Å²) in [6, 6.07) is -0.158. The lowest BCUT2D eigenvalue weighted by Crippen LogP contribution is -2.40. The molecule has 0 amide bonds. The van der Waals surface area contributed by atoms with E-state index in [0.29, 0.717) is 13.0 Å². The number of nitrogens with two attached hydrogens (primary N) is 1. The second-order valence-corrected chi connectivity index (χ2v) is 3.05. The topological polar surface area (TPSA) is 90.9 Å². The summed E-state index contributed by atoms with van der Waals surface area (Å²) >= 11 is 0. The van der Waals surface area contributed by atoms with Crippen LogP contribution in [0, 0.1) is 0 Å². The van der Waals surface area contributed by atoms with Gasteiger partial charge in [0.15, 0.2) is 5.84 Å². The third-order valence-electron chi connectivity index (χ3n) is 1.96. The van der Waals surface area contributed by atoms with Gasteiger partial charge in [-0.3, -0.25) is 0 Å². The molecule has 2 atom stereocenters. The average Bonchev–Trinajstić information content (AvgIpc) is 2.15. The van der Waals surface area contributed by atoms with Crippen LogP contribution in [0.5, 0.6) is 0 Å². The number of oxime groups is 1. The van der Waals surface area contributed by atoms with Crippen molar-refractivity contribution in [3.8, 4) is 0 Å². The Balaban J connectivity index is 3.53. The van der Waals surface area contributed by atoms with Crippen molar-refractivity contribution in [2.45, 2.75) is 38.8 Å². The number of amidine groups is 1. The minimum absolute atomic E-state index is 0.158. The molecule has 2 unspecified atom stereocenters. The lowest BCUT2D eigenvalue weighted by molar-refractivity contribution is 0.159. The monoisotopic (exact) mass is 189 g/mol. The highest BCUT2D eigenvalue weighted by Crippen LogP contribution is 1.94. The summed E-state index contributed by atoms with van der Waals surface area (Å²) < 4.78 is 0. The summed E-state index contributed by atoms with van der Waals surface area (Å²) in [4.78, 5) is 0. The SMILES string of the molecule is CCC(O)CCNC(C)C(N)=NO. The molecule has 5 heteroatoms. The van der Waals surface area contributed by atoms with Crippen LogP contribution in [0.2, 0.25) is 0 Å². The highest BCUT2D eigenvalue weighted by Gasteiger charge is 2.07. The molecule has 0 saturated heterocycles. The van der Waals surface area contributed by atoms with Crippen molar-refractivity contribution in [1.82, 2.24) is 5.32 Å². The van der Waals surface area contributed by atoms with Gasteiger partial charge in [-0.25, -0.2) is 0 Å². The van der Waals surface area contributed by atoms with Crippen LogP contribution in [0.3, 0.4) is 0 Å². The van der Waals surface area contributed by atoms with E-state index in [1.807, 2.05) is 6.92 Å². The molecule has 0 heterocycles. The smallest absolute Gasteiger partial charge is 0.156 e. The van der Waals surface area contributed by atoms with Crippen LogP contribution in [0.15, 0.2) is 5.16 Å². The standard InChI is InChI=1S/C8H19N3O2/c1-3-7(12)4-5-10-6(2)8(9)11-13/h6-7,10,12-13H,3-5H2,1-2H3,(H2,9,11). The number of nitrogens with one attached hydrogen (secondary N) is 1. The maximum Gasteiger partial charge on any atom is 0.156 e. The van der Waals surface area contributed by atoms with Gasteiger partial charge in [-0.05, 0) is 26.3 Å². The molecule has 0 spiro atoms. The minimum Gasteiger partial charge on any atom is -0.409 e. The van der Waals surface area contributed by atoms with Crippen molar-refractivity contribution in [2.24, 2.45) is 10.9 Å². The first kappa shape index (κ1) is 12.2. The summed E-state index contributed by atoms with van der Waals surface area (Å²) in [7, 11) is 0. The van der Waals surface area contributed by atoms with Crippen LogP contribution in [0.1, 0.15) is 26.7 Å². The fraction of sp³-hybridized carbons (Fsp3) is 0.875. The number of nitrogens with zero attached hydrogens (tertiary/aromatic N) is 1. The number of aliphatic hydroxyl groups excluding tert-OH is 1. The largest absolute Gasteiger partial charge is 0.409 e. The van der Waals surface area contributed by atoms with E-state index in [-0.39, 0.29) is 18.0 Å². The molecule has 0 saturated carbocycles. The summed E-state index contributed by atoms with van der Waals surface area (Å²) in [5, 5.41) is 23.4. The molecule has 0 aliphatic carbocycles. The lowest BCUT2D eigenvalue weighted by atomic mass is 10.2. The van der Waals surface area contributed by atoms with E-state index >= 15 is 0 Å². The van der Waals surface area contributed by atoms with Gasteiger partial charge in [-0.1, -0.05) is 12.1 Å². The van der Waals surface area contributed by atoms with Crippen molar-refractivity contribution >= 4 is 5.84 Å². The van der Waals surface area contributed by atoms with E-state index in [0.717, 1.165) is 6.42 Å². The third-order valence-corrected chi connectivity index (χ3v) is 1.96. The van der Waals surface area contributed by atoms with E-state index in [2.05, 4.69) is 10.5 Å². The van der Waals surface area contributed by atoms with Crippen LogP contribution in [0.25, 0.3) is 0 Å². The van der Waals surface area contributed by atoms with Crippen molar-refractivity contribution in [2.75, 3.05) is 6.54 Å². The zero-order valence-corrected chi connectivity index (χ0v) is 8.20. The van der Waals surface area contributed by atoms with Gasteiger partial charge in [-0.2, -0.15) is 0 Å². The van der Waals surface area contributed by atoms with Gasteiger partial charge in [0.1, 0.15) is 0 Å². The molecule has 0 aromatic carbocycles. The molecule has 0 bridgehead atoms. The Bertz CT molecular complexity index is 161. The number of hydrogen-bond acceptors (Lipinski definition) is 4. The van der Waals surface area contributed by atoms with Crippen LogP contribution in [-0.4, -0.2) is 34.8 Å². The molecule has 5 nitrogen and oxygen atoms in total. The van der Waals surface area contributed by atoms with Gasteiger partial charge < -0.3 is 21.4 Å². The highest BCUT2D eigenvalue weighted by atomic mass is 16.4. The predicted molar refractivity (Wildman–Crippen MR) is 51.8 cm³/mol. The van der Waals surface area contributed by atoms with E-state index < -0.39 is 0 Å². The normalized spacial score (nSPS) is 17.0. The predicted octanol–water partition coefficient (Wildman–Crippen LogP) is -0.128. The Hall–Kier alpha value is -0.810. The van der Waals surface area contributed by atoms with Gasteiger partial charge in [0.2, 0.25) is 0 Å². The maximum absolute atomic E-state index is 9.22. The molecule has 5 N–H and O–H groups in total. The molecule has 78 valence electrons. The fourth-order valence-electron chi connectivity index (χ4n) is 0.862. The quantitative estimate of drug-likeness (QED) is 0.203. The van der Waals surface area contributed by atoms with E-state index in [4.69, 9.17) is 10.9 Å². The van der Waals surface area contributed by atoms with Gasteiger partial charge in [0, 0.05) is 0 Å². The Morgan fingerprint density at radius 2 is 2.23 bits per heavy atom. The summed E-state index contributed by atoms with van der Waals surface area (Å²) in [5.74, 6) is 0.158. The molecule has 0 radical (unpaired) electrons. The zero-order valence-electron chi connectivity index (χ0n) is 8.20. The molecule has 0 aliphatic rings. The summed E-state index contributed by atoms with van der Waals surface area (Å²) in [6.45, 7) is 4.39. The minimum atomic E-state index is -0.271. The van der Waals surface area contributed by atoms with Crippen LogP contribution in [-0.2, 0) is 0 Å². The van der Waals surface area contributed by atoms with Crippen molar-refractivity contribution in [1.29, 1.82) is 0 Å². The van der Waals surface area contributed by atoms with E-state index in [1.54, 1.807) is 6.92 Å². The molecule has 0 rings (SSSR count). The molecule has 0 aromatic heterocycles. The van der Waals surface area contributed by atoms with Gasteiger partial charge in [-0.15, -0.1) is 0 Å². The highest BCUT2D eigenvalue weighted by molar-refractivity contribution is 5.84. The molecule has 0 aliphatic heterocycles. The second kappa shape index (κ2) is 6.68. The van der Waals surface area contributed by atoms with Crippen LogP contribution < -0.4 is 11.1 Å². The van der Waals surface area contributed by atoms with Gasteiger partial charge >= 0.3 is 0 Å². The molecular formula is C8H19N3O2. The number of hydrogen-bond donors (Lipinski definition) is 4. The first-order valence-corrected chi connectivity index (χ1v) is 4.50. The van der Waals surface area contributed by atoms with E-state index in [9.17, 15) is 5.11 Å². The Morgan fingerprint density at radius 3 is 2.69 bits per heavy atom. The van der Waals surface area contributed by atoms with Gasteiger partial charge in [0.05, 0.1) is 12.1 Å².